The fraction of sp³-hybridized carbons (Fsp3) is 0.423. The zero-order valence-corrected chi connectivity index (χ0v) is 20.0. The third-order valence-corrected chi connectivity index (χ3v) is 6.55. The van der Waals surface area contributed by atoms with E-state index in [1.807, 2.05) is 43.4 Å². The second kappa shape index (κ2) is 10.2. The van der Waals surface area contributed by atoms with E-state index >= 15 is 0 Å². The molecule has 3 aromatic rings. The van der Waals surface area contributed by atoms with E-state index in [0.717, 1.165) is 54.4 Å². The maximum Gasteiger partial charge on any atom is 0.227 e. The number of pyridine rings is 1. The predicted molar refractivity (Wildman–Crippen MR) is 129 cm³/mol. The zero-order valence-electron chi connectivity index (χ0n) is 20.0. The average molecular weight is 448 g/mol. The number of hydrogen-bond acceptors (Lipinski definition) is 5. The number of rotatable bonds is 7. The number of amides is 1. The minimum Gasteiger partial charge on any atom is -0.481 e. The lowest BCUT2D eigenvalue weighted by atomic mass is 9.91. The number of aromatic nitrogens is 3. The molecule has 1 aliphatic rings. The molecule has 7 heteroatoms. The quantitative estimate of drug-likeness (QED) is 0.556. The van der Waals surface area contributed by atoms with E-state index in [2.05, 4.69) is 46.2 Å². The molecule has 1 aromatic carbocycles. The van der Waals surface area contributed by atoms with Gasteiger partial charge < -0.3 is 9.64 Å². The maximum atomic E-state index is 13.5. The molecule has 0 N–H and O–H groups in total. The highest BCUT2D eigenvalue weighted by atomic mass is 16.5. The van der Waals surface area contributed by atoms with Gasteiger partial charge in [0.2, 0.25) is 11.8 Å². The Hall–Kier alpha value is -3.19. The summed E-state index contributed by atoms with van der Waals surface area (Å²) in [6.45, 7) is 7.79. The van der Waals surface area contributed by atoms with E-state index < -0.39 is 0 Å². The van der Waals surface area contributed by atoms with Crippen LogP contribution in [0.15, 0.2) is 48.8 Å². The Morgan fingerprint density at radius 1 is 1.12 bits per heavy atom. The van der Waals surface area contributed by atoms with Gasteiger partial charge in [0.05, 0.1) is 24.3 Å². The van der Waals surface area contributed by atoms with Gasteiger partial charge in [-0.3, -0.25) is 14.7 Å². The minimum atomic E-state index is -0.113. The number of carbonyl (C=O) groups excluding carboxylic acids is 1. The van der Waals surface area contributed by atoms with Crippen LogP contribution in [0.3, 0.4) is 0 Å². The second-order valence-electron chi connectivity index (χ2n) is 8.64. The second-order valence-corrected chi connectivity index (χ2v) is 8.64. The van der Waals surface area contributed by atoms with Crippen molar-refractivity contribution in [3.63, 3.8) is 0 Å². The number of nitrogens with zero attached hydrogens (tertiary/aromatic N) is 5. The molecule has 1 saturated heterocycles. The summed E-state index contributed by atoms with van der Waals surface area (Å²) in [7, 11) is 3.59. The van der Waals surface area contributed by atoms with Gasteiger partial charge in [-0.05, 0) is 49.1 Å². The molecule has 1 fully saturated rings. The van der Waals surface area contributed by atoms with Crippen LogP contribution in [0.4, 0.5) is 0 Å². The highest BCUT2D eigenvalue weighted by Gasteiger charge is 2.31. The summed E-state index contributed by atoms with van der Waals surface area (Å²) in [5.41, 5.74) is 5.54. The van der Waals surface area contributed by atoms with Crippen molar-refractivity contribution in [2.45, 2.75) is 26.8 Å². The Morgan fingerprint density at radius 2 is 1.88 bits per heavy atom. The Labute approximate surface area is 196 Å². The van der Waals surface area contributed by atoms with E-state index in [9.17, 15) is 4.79 Å². The summed E-state index contributed by atoms with van der Waals surface area (Å²) >= 11 is 0. The SMILES string of the molecule is CCN1CCN(Cc2c(C)nn(C)c2OC)C[C@@H](Cc2ccccc2-c2ccncc2)C1=O. The maximum absolute atomic E-state index is 13.5. The van der Waals surface area contributed by atoms with Crippen molar-refractivity contribution in [2.24, 2.45) is 13.0 Å². The van der Waals surface area contributed by atoms with E-state index in [0.29, 0.717) is 13.0 Å². The van der Waals surface area contributed by atoms with Crippen molar-refractivity contribution in [1.29, 1.82) is 0 Å². The fourth-order valence-corrected chi connectivity index (χ4v) is 4.84. The van der Waals surface area contributed by atoms with Gasteiger partial charge in [0.1, 0.15) is 0 Å². The van der Waals surface area contributed by atoms with Crippen LogP contribution in [0.5, 0.6) is 5.88 Å². The monoisotopic (exact) mass is 447 g/mol. The van der Waals surface area contributed by atoms with E-state index in [4.69, 9.17) is 4.74 Å². The average Bonchev–Trinajstić information content (AvgIpc) is 3.01. The van der Waals surface area contributed by atoms with E-state index in [1.165, 1.54) is 5.56 Å². The molecule has 0 radical (unpaired) electrons. The first-order valence-corrected chi connectivity index (χ1v) is 11.6. The molecule has 0 saturated carbocycles. The largest absolute Gasteiger partial charge is 0.481 e. The summed E-state index contributed by atoms with van der Waals surface area (Å²) in [6.07, 6.45) is 4.33. The van der Waals surface area contributed by atoms with Crippen molar-refractivity contribution < 1.29 is 9.53 Å². The normalized spacial score (nSPS) is 17.3. The number of benzene rings is 1. The van der Waals surface area contributed by atoms with Crippen LogP contribution in [0, 0.1) is 12.8 Å². The van der Waals surface area contributed by atoms with Crippen molar-refractivity contribution in [3.05, 3.63) is 65.6 Å². The minimum absolute atomic E-state index is 0.113. The van der Waals surface area contributed by atoms with E-state index in [1.54, 1.807) is 11.8 Å². The molecular formula is C26H33N5O2. The van der Waals surface area contributed by atoms with Crippen molar-refractivity contribution in [2.75, 3.05) is 33.3 Å². The van der Waals surface area contributed by atoms with Gasteiger partial charge >= 0.3 is 0 Å². The molecule has 0 aliphatic carbocycles. The highest BCUT2D eigenvalue weighted by Crippen LogP contribution is 2.28. The van der Waals surface area contributed by atoms with Crippen LogP contribution in [-0.4, -0.2) is 63.8 Å². The molecule has 174 valence electrons. The molecule has 3 heterocycles. The standard InChI is InChI=1S/C26H33N5O2/c1-5-31-15-14-30(18-24-19(2)28-29(3)26(24)33-4)17-22(25(31)32)16-21-8-6-7-9-23(21)20-10-12-27-13-11-20/h6-13,22H,5,14-18H2,1-4H3/t22-/m1/s1. The summed E-state index contributed by atoms with van der Waals surface area (Å²) in [4.78, 5) is 22.0. The van der Waals surface area contributed by atoms with E-state index in [-0.39, 0.29) is 11.8 Å². The summed E-state index contributed by atoms with van der Waals surface area (Å²) in [5, 5.41) is 4.53. The molecule has 0 unspecified atom stereocenters. The fourth-order valence-electron chi connectivity index (χ4n) is 4.84. The number of methoxy groups -OCH3 is 1. The Morgan fingerprint density at radius 3 is 2.61 bits per heavy atom. The topological polar surface area (TPSA) is 63.5 Å². The summed E-state index contributed by atoms with van der Waals surface area (Å²) in [5.74, 6) is 0.910. The highest BCUT2D eigenvalue weighted by molar-refractivity contribution is 5.80. The molecule has 0 bridgehead atoms. The Bertz CT molecular complexity index is 1100. The number of likely N-dealkylation sites (N-methyl/N-ethyl adjacent to an activating group) is 1. The van der Waals surface area contributed by atoms with Gasteiger partial charge in [-0.15, -0.1) is 0 Å². The molecule has 0 spiro atoms. The number of carbonyl (C=O) groups is 1. The van der Waals surface area contributed by atoms with Gasteiger partial charge in [0.15, 0.2) is 0 Å². The molecule has 1 amide bonds. The Kier molecular flexibility index (Phi) is 7.08. The summed E-state index contributed by atoms with van der Waals surface area (Å²) in [6, 6.07) is 12.4. The lowest BCUT2D eigenvalue weighted by Crippen LogP contribution is -2.37. The lowest BCUT2D eigenvalue weighted by molar-refractivity contribution is -0.134. The van der Waals surface area contributed by atoms with Gasteiger partial charge in [0, 0.05) is 52.2 Å². The first-order chi connectivity index (χ1) is 16.0. The van der Waals surface area contributed by atoms with Crippen LogP contribution in [0.2, 0.25) is 0 Å². The van der Waals surface area contributed by atoms with Crippen LogP contribution in [-0.2, 0) is 24.8 Å². The van der Waals surface area contributed by atoms with Gasteiger partial charge in [-0.2, -0.15) is 5.10 Å². The number of aryl methyl sites for hydroxylation is 2. The Balaban J connectivity index is 1.61. The first kappa shape index (κ1) is 23.0. The van der Waals surface area contributed by atoms with Crippen LogP contribution in [0.25, 0.3) is 11.1 Å². The molecule has 4 rings (SSSR count). The van der Waals surface area contributed by atoms with Crippen LogP contribution < -0.4 is 4.74 Å². The van der Waals surface area contributed by atoms with Crippen molar-refractivity contribution in [3.8, 4) is 17.0 Å². The molecule has 33 heavy (non-hydrogen) atoms. The van der Waals surface area contributed by atoms with Gasteiger partial charge in [-0.1, -0.05) is 24.3 Å². The zero-order chi connectivity index (χ0) is 23.4. The van der Waals surface area contributed by atoms with Gasteiger partial charge in [0.25, 0.3) is 0 Å². The first-order valence-electron chi connectivity index (χ1n) is 11.6. The number of hydrogen-bond donors (Lipinski definition) is 0. The summed E-state index contributed by atoms with van der Waals surface area (Å²) < 4.78 is 7.40. The van der Waals surface area contributed by atoms with Crippen LogP contribution in [0.1, 0.15) is 23.7 Å². The van der Waals surface area contributed by atoms with Gasteiger partial charge in [-0.25, -0.2) is 4.68 Å². The van der Waals surface area contributed by atoms with Crippen LogP contribution >= 0.6 is 0 Å². The third-order valence-electron chi connectivity index (χ3n) is 6.55. The molecule has 1 aliphatic heterocycles. The molecular weight excluding hydrogens is 414 g/mol. The number of ether oxygens (including phenoxy) is 1. The molecule has 2 aromatic heterocycles. The smallest absolute Gasteiger partial charge is 0.227 e. The molecule has 1 atom stereocenters. The third kappa shape index (κ3) is 4.93. The van der Waals surface area contributed by atoms with Crippen molar-refractivity contribution >= 4 is 5.91 Å². The predicted octanol–water partition coefficient (Wildman–Crippen LogP) is 3.32. The lowest BCUT2D eigenvalue weighted by Gasteiger charge is -2.24. The van der Waals surface area contributed by atoms with Crippen molar-refractivity contribution in [1.82, 2.24) is 24.6 Å². The molecule has 7 nitrogen and oxygen atoms in total.